The van der Waals surface area contributed by atoms with Gasteiger partial charge in [-0.3, -0.25) is 0 Å². The Hall–Kier alpha value is -1.13. The second-order valence-electron chi connectivity index (χ2n) is 3.77. The van der Waals surface area contributed by atoms with Gasteiger partial charge in [0.15, 0.2) is 0 Å². The number of methoxy groups -OCH3 is 1. The first-order valence-corrected chi connectivity index (χ1v) is 5.76. The summed E-state index contributed by atoms with van der Waals surface area (Å²) in [6.07, 6.45) is 0. The predicted octanol–water partition coefficient (Wildman–Crippen LogP) is 2.08. The number of halogens is 1. The summed E-state index contributed by atoms with van der Waals surface area (Å²) >= 11 is 0. The second kappa shape index (κ2) is 8.03. The monoisotopic (exact) mass is 241 g/mol. The second-order valence-corrected chi connectivity index (χ2v) is 3.77. The maximum absolute atomic E-state index is 12.1. The molecule has 0 aromatic heterocycles. The lowest BCUT2D eigenvalue weighted by Crippen LogP contribution is -2.19. The molecular weight excluding hydrogens is 221 g/mol. The number of aryl methyl sites for hydroxylation is 1. The molecule has 0 aliphatic heterocycles. The van der Waals surface area contributed by atoms with Gasteiger partial charge in [-0.1, -0.05) is 18.2 Å². The number of nitrogens with one attached hydrogen (secondary N) is 1. The molecule has 0 aliphatic rings. The standard InChI is InChI=1S/C13H20FNO2/c1-11-4-3-5-12(10-15-7-9-16-2)13(11)17-8-6-14/h3-5,15H,6-10H2,1-2H3. The van der Waals surface area contributed by atoms with Gasteiger partial charge in [0.2, 0.25) is 0 Å². The van der Waals surface area contributed by atoms with E-state index in [0.29, 0.717) is 13.2 Å². The molecule has 0 saturated heterocycles. The molecule has 1 aromatic rings. The minimum absolute atomic E-state index is 0.107. The highest BCUT2D eigenvalue weighted by Gasteiger charge is 2.06. The van der Waals surface area contributed by atoms with E-state index in [1.54, 1.807) is 7.11 Å². The summed E-state index contributed by atoms with van der Waals surface area (Å²) in [5.41, 5.74) is 2.08. The lowest BCUT2D eigenvalue weighted by atomic mass is 10.1. The highest BCUT2D eigenvalue weighted by Crippen LogP contribution is 2.23. The van der Waals surface area contributed by atoms with E-state index in [0.717, 1.165) is 23.4 Å². The van der Waals surface area contributed by atoms with E-state index in [4.69, 9.17) is 9.47 Å². The molecule has 0 atom stereocenters. The predicted molar refractivity (Wildman–Crippen MR) is 66.2 cm³/mol. The molecule has 1 rings (SSSR count). The molecule has 96 valence electrons. The average molecular weight is 241 g/mol. The Morgan fingerprint density at radius 1 is 1.29 bits per heavy atom. The van der Waals surface area contributed by atoms with Crippen LogP contribution in [0.25, 0.3) is 0 Å². The summed E-state index contributed by atoms with van der Waals surface area (Å²) in [6.45, 7) is 3.76. The van der Waals surface area contributed by atoms with Gasteiger partial charge < -0.3 is 14.8 Å². The van der Waals surface area contributed by atoms with Gasteiger partial charge in [0.1, 0.15) is 19.0 Å². The van der Waals surface area contributed by atoms with Crippen molar-refractivity contribution in [3.8, 4) is 5.75 Å². The Bertz CT molecular complexity index is 331. The fourth-order valence-electron chi connectivity index (χ4n) is 1.60. The Balaban J connectivity index is 2.59. The summed E-state index contributed by atoms with van der Waals surface area (Å²) < 4.78 is 22.5. The molecule has 0 unspecified atom stereocenters. The summed E-state index contributed by atoms with van der Waals surface area (Å²) in [6, 6.07) is 5.93. The van der Waals surface area contributed by atoms with Crippen LogP contribution in [0.4, 0.5) is 4.39 Å². The molecule has 0 fully saturated rings. The molecule has 0 amide bonds. The van der Waals surface area contributed by atoms with Gasteiger partial charge in [-0.2, -0.15) is 0 Å². The number of benzene rings is 1. The van der Waals surface area contributed by atoms with E-state index in [1.807, 2.05) is 25.1 Å². The van der Waals surface area contributed by atoms with Gasteiger partial charge in [-0.05, 0) is 12.5 Å². The lowest BCUT2D eigenvalue weighted by molar-refractivity contribution is 0.199. The minimum atomic E-state index is -0.467. The van der Waals surface area contributed by atoms with Gasteiger partial charge in [-0.15, -0.1) is 0 Å². The van der Waals surface area contributed by atoms with E-state index in [9.17, 15) is 4.39 Å². The quantitative estimate of drug-likeness (QED) is 0.707. The summed E-state index contributed by atoms with van der Waals surface area (Å²) in [5, 5.41) is 3.25. The first kappa shape index (κ1) is 13.9. The molecule has 0 spiro atoms. The normalized spacial score (nSPS) is 10.5. The van der Waals surface area contributed by atoms with Gasteiger partial charge >= 0.3 is 0 Å². The molecule has 0 aliphatic carbocycles. The van der Waals surface area contributed by atoms with Crippen LogP contribution in [0, 0.1) is 6.92 Å². The number of alkyl halides is 1. The number of hydrogen-bond donors (Lipinski definition) is 1. The zero-order valence-corrected chi connectivity index (χ0v) is 10.5. The van der Waals surface area contributed by atoms with Crippen molar-refractivity contribution in [2.45, 2.75) is 13.5 Å². The highest BCUT2D eigenvalue weighted by atomic mass is 19.1. The Kier molecular flexibility index (Phi) is 6.58. The van der Waals surface area contributed by atoms with Crippen LogP contribution in [0.15, 0.2) is 18.2 Å². The van der Waals surface area contributed by atoms with Crippen LogP contribution in [0.5, 0.6) is 5.75 Å². The zero-order chi connectivity index (χ0) is 12.5. The largest absolute Gasteiger partial charge is 0.490 e. The Labute approximate surface area is 102 Å². The minimum Gasteiger partial charge on any atom is -0.490 e. The summed E-state index contributed by atoms with van der Waals surface area (Å²) in [7, 11) is 1.67. The smallest absolute Gasteiger partial charge is 0.126 e. The first-order chi connectivity index (χ1) is 8.29. The van der Waals surface area contributed by atoms with Gasteiger partial charge in [0, 0.05) is 25.8 Å². The van der Waals surface area contributed by atoms with Crippen molar-refractivity contribution < 1.29 is 13.9 Å². The zero-order valence-electron chi connectivity index (χ0n) is 10.5. The number of rotatable bonds is 8. The topological polar surface area (TPSA) is 30.5 Å². The Morgan fingerprint density at radius 3 is 2.82 bits per heavy atom. The SMILES string of the molecule is COCCNCc1cccc(C)c1OCCF. The van der Waals surface area contributed by atoms with Gasteiger partial charge in [0.05, 0.1) is 6.61 Å². The number of hydrogen-bond acceptors (Lipinski definition) is 3. The Morgan fingerprint density at radius 2 is 2.12 bits per heavy atom. The molecule has 0 heterocycles. The van der Waals surface area contributed by atoms with Crippen LogP contribution < -0.4 is 10.1 Å². The van der Waals surface area contributed by atoms with E-state index < -0.39 is 6.67 Å². The van der Waals surface area contributed by atoms with Crippen molar-refractivity contribution >= 4 is 0 Å². The fraction of sp³-hybridized carbons (Fsp3) is 0.538. The number of ether oxygens (including phenoxy) is 2. The van der Waals surface area contributed by atoms with E-state index in [2.05, 4.69) is 5.32 Å². The van der Waals surface area contributed by atoms with Crippen molar-refractivity contribution in [3.05, 3.63) is 29.3 Å². The van der Waals surface area contributed by atoms with E-state index in [-0.39, 0.29) is 6.61 Å². The molecule has 3 nitrogen and oxygen atoms in total. The van der Waals surface area contributed by atoms with Crippen LogP contribution in [0.3, 0.4) is 0 Å². The maximum atomic E-state index is 12.1. The van der Waals surface area contributed by atoms with Gasteiger partial charge in [-0.25, -0.2) is 4.39 Å². The average Bonchev–Trinajstić information content (AvgIpc) is 2.34. The van der Waals surface area contributed by atoms with Crippen LogP contribution >= 0.6 is 0 Å². The third-order valence-corrected chi connectivity index (χ3v) is 2.42. The highest BCUT2D eigenvalue weighted by molar-refractivity contribution is 5.40. The van der Waals surface area contributed by atoms with Crippen molar-refractivity contribution in [3.63, 3.8) is 0 Å². The van der Waals surface area contributed by atoms with Crippen LogP contribution in [-0.4, -0.2) is 33.5 Å². The fourth-order valence-corrected chi connectivity index (χ4v) is 1.60. The van der Waals surface area contributed by atoms with Crippen molar-refractivity contribution in [1.29, 1.82) is 0 Å². The maximum Gasteiger partial charge on any atom is 0.126 e. The van der Waals surface area contributed by atoms with Crippen LogP contribution in [0.1, 0.15) is 11.1 Å². The van der Waals surface area contributed by atoms with Gasteiger partial charge in [0.25, 0.3) is 0 Å². The molecule has 4 heteroatoms. The first-order valence-electron chi connectivity index (χ1n) is 5.76. The molecule has 1 aromatic carbocycles. The van der Waals surface area contributed by atoms with Crippen molar-refractivity contribution in [1.82, 2.24) is 5.32 Å². The van der Waals surface area contributed by atoms with Crippen molar-refractivity contribution in [2.24, 2.45) is 0 Å². The molecule has 17 heavy (non-hydrogen) atoms. The molecule has 0 saturated carbocycles. The summed E-state index contributed by atoms with van der Waals surface area (Å²) in [4.78, 5) is 0. The van der Waals surface area contributed by atoms with Crippen LogP contribution in [0.2, 0.25) is 0 Å². The lowest BCUT2D eigenvalue weighted by Gasteiger charge is -2.13. The third-order valence-electron chi connectivity index (χ3n) is 2.42. The third kappa shape index (κ3) is 4.71. The number of para-hydroxylation sites is 1. The molecule has 1 N–H and O–H groups in total. The molecule has 0 bridgehead atoms. The van der Waals surface area contributed by atoms with Crippen LogP contribution in [-0.2, 0) is 11.3 Å². The molecule has 0 radical (unpaired) electrons. The molecular formula is C13H20FNO2. The van der Waals surface area contributed by atoms with Crippen molar-refractivity contribution in [2.75, 3.05) is 33.5 Å². The van der Waals surface area contributed by atoms with E-state index in [1.165, 1.54) is 0 Å². The van der Waals surface area contributed by atoms with E-state index >= 15 is 0 Å². The summed E-state index contributed by atoms with van der Waals surface area (Å²) in [5.74, 6) is 0.787.